The second-order valence-corrected chi connectivity index (χ2v) is 7.45. The quantitative estimate of drug-likeness (QED) is 0.366. The van der Waals surface area contributed by atoms with Crippen LogP contribution in [-0.2, 0) is 16.1 Å². The maximum Gasteiger partial charge on any atom is 0.339 e. The molecule has 4 aromatic rings. The fraction of sp³-hybridized carbons (Fsp3) is 0.192. The number of ether oxygens (including phenoxy) is 2. The van der Waals surface area contributed by atoms with E-state index in [0.717, 1.165) is 11.3 Å². The molecule has 0 aliphatic rings. The molecule has 7 heteroatoms. The molecule has 0 bridgehead atoms. The standard InChI is InChI=1S/C26H24N2O5/c1-3-31-19-12-10-18(11-13-19)16-28(2)25(29)17-33-26(30)21-15-23(24-9-6-14-32-24)27-22-8-5-4-7-20(21)22/h4-15H,3,16-17H2,1-2H3. The Morgan fingerprint density at radius 3 is 2.55 bits per heavy atom. The van der Waals surface area contributed by atoms with Gasteiger partial charge in [0.15, 0.2) is 12.4 Å². The first kappa shape index (κ1) is 22.1. The van der Waals surface area contributed by atoms with Crippen LogP contribution in [-0.4, -0.2) is 42.0 Å². The summed E-state index contributed by atoms with van der Waals surface area (Å²) in [6, 6.07) is 20.0. The number of fused-ring (bicyclic) bond motifs is 1. The first-order chi connectivity index (χ1) is 16.0. The van der Waals surface area contributed by atoms with Gasteiger partial charge in [-0.05, 0) is 48.9 Å². The number of amides is 1. The number of furan rings is 1. The Hall–Kier alpha value is -4.13. The minimum absolute atomic E-state index is 0.304. The lowest BCUT2D eigenvalue weighted by atomic mass is 10.1. The van der Waals surface area contributed by atoms with Crippen molar-refractivity contribution in [1.29, 1.82) is 0 Å². The number of pyridine rings is 1. The van der Waals surface area contributed by atoms with Crippen LogP contribution in [0.25, 0.3) is 22.4 Å². The van der Waals surface area contributed by atoms with E-state index in [-0.39, 0.29) is 12.5 Å². The third kappa shape index (κ3) is 5.20. The van der Waals surface area contributed by atoms with E-state index in [1.54, 1.807) is 37.6 Å². The summed E-state index contributed by atoms with van der Waals surface area (Å²) < 4.78 is 16.2. The molecule has 0 saturated heterocycles. The topological polar surface area (TPSA) is 81.9 Å². The highest BCUT2D eigenvalue weighted by Crippen LogP contribution is 2.25. The van der Waals surface area contributed by atoms with Gasteiger partial charge in [-0.15, -0.1) is 0 Å². The van der Waals surface area contributed by atoms with Crippen LogP contribution in [0.1, 0.15) is 22.8 Å². The molecular formula is C26H24N2O5. The first-order valence-electron chi connectivity index (χ1n) is 10.6. The largest absolute Gasteiger partial charge is 0.494 e. The lowest BCUT2D eigenvalue weighted by Gasteiger charge is -2.17. The molecule has 0 radical (unpaired) electrons. The van der Waals surface area contributed by atoms with E-state index in [9.17, 15) is 9.59 Å². The van der Waals surface area contributed by atoms with Gasteiger partial charge in [0.1, 0.15) is 11.4 Å². The molecule has 0 fully saturated rings. The summed E-state index contributed by atoms with van der Waals surface area (Å²) in [6.45, 7) is 2.55. The molecule has 2 heterocycles. The number of hydrogen-bond donors (Lipinski definition) is 0. The summed E-state index contributed by atoms with van der Waals surface area (Å²) in [7, 11) is 1.67. The highest BCUT2D eigenvalue weighted by atomic mass is 16.5. The Morgan fingerprint density at radius 1 is 1.03 bits per heavy atom. The number of carbonyl (C=O) groups is 2. The molecule has 7 nitrogen and oxygen atoms in total. The smallest absolute Gasteiger partial charge is 0.339 e. The van der Waals surface area contributed by atoms with Crippen LogP contribution in [0.4, 0.5) is 0 Å². The number of nitrogens with zero attached hydrogens (tertiary/aromatic N) is 2. The molecule has 168 valence electrons. The summed E-state index contributed by atoms with van der Waals surface area (Å²) in [5, 5.41) is 0.646. The number of carbonyl (C=O) groups excluding carboxylic acids is 2. The van der Waals surface area contributed by atoms with Crippen molar-refractivity contribution in [2.45, 2.75) is 13.5 Å². The van der Waals surface area contributed by atoms with Gasteiger partial charge < -0.3 is 18.8 Å². The Morgan fingerprint density at radius 2 is 1.82 bits per heavy atom. The number of para-hydroxylation sites is 1. The van der Waals surface area contributed by atoms with Gasteiger partial charge in [-0.25, -0.2) is 9.78 Å². The number of likely N-dealkylation sites (N-methyl/N-ethyl adjacent to an activating group) is 1. The maximum atomic E-state index is 12.9. The lowest BCUT2D eigenvalue weighted by Crippen LogP contribution is -2.30. The van der Waals surface area contributed by atoms with Crippen LogP contribution in [0, 0.1) is 0 Å². The molecule has 2 aromatic heterocycles. The summed E-state index contributed by atoms with van der Waals surface area (Å²) in [5.74, 6) is 0.426. The fourth-order valence-electron chi connectivity index (χ4n) is 3.43. The normalized spacial score (nSPS) is 10.7. The van der Waals surface area contributed by atoms with E-state index in [1.165, 1.54) is 4.90 Å². The monoisotopic (exact) mass is 444 g/mol. The molecular weight excluding hydrogens is 420 g/mol. The number of aromatic nitrogens is 1. The molecule has 0 saturated carbocycles. The summed E-state index contributed by atoms with van der Waals surface area (Å²) in [4.78, 5) is 31.5. The van der Waals surface area contributed by atoms with Crippen LogP contribution in [0.3, 0.4) is 0 Å². The van der Waals surface area contributed by atoms with Crippen molar-refractivity contribution < 1.29 is 23.5 Å². The van der Waals surface area contributed by atoms with Crippen molar-refractivity contribution in [1.82, 2.24) is 9.88 Å². The van der Waals surface area contributed by atoms with Gasteiger partial charge in [0.2, 0.25) is 0 Å². The molecule has 33 heavy (non-hydrogen) atoms. The average molecular weight is 444 g/mol. The van der Waals surface area contributed by atoms with E-state index in [1.807, 2.05) is 49.4 Å². The van der Waals surface area contributed by atoms with Crippen LogP contribution in [0.15, 0.2) is 77.4 Å². The minimum atomic E-state index is -0.593. The van der Waals surface area contributed by atoms with Crippen LogP contribution in [0.2, 0.25) is 0 Å². The zero-order valence-electron chi connectivity index (χ0n) is 18.5. The third-order valence-electron chi connectivity index (χ3n) is 5.12. The van der Waals surface area contributed by atoms with E-state index >= 15 is 0 Å². The molecule has 0 spiro atoms. The van der Waals surface area contributed by atoms with Crippen molar-refractivity contribution in [3.63, 3.8) is 0 Å². The summed E-state index contributed by atoms with van der Waals surface area (Å²) in [5.41, 5.74) is 2.43. The van der Waals surface area contributed by atoms with Crippen LogP contribution >= 0.6 is 0 Å². The predicted octanol–water partition coefficient (Wildman–Crippen LogP) is 4.71. The highest BCUT2D eigenvalue weighted by molar-refractivity contribution is 6.05. The predicted molar refractivity (Wildman–Crippen MR) is 124 cm³/mol. The second kappa shape index (κ2) is 9.99. The fourth-order valence-corrected chi connectivity index (χ4v) is 3.43. The number of hydrogen-bond acceptors (Lipinski definition) is 6. The average Bonchev–Trinajstić information content (AvgIpc) is 3.38. The summed E-state index contributed by atoms with van der Waals surface area (Å²) >= 11 is 0. The zero-order chi connectivity index (χ0) is 23.2. The minimum Gasteiger partial charge on any atom is -0.494 e. The van der Waals surface area contributed by atoms with Crippen molar-refractivity contribution in [3.05, 3.63) is 84.1 Å². The molecule has 0 unspecified atom stereocenters. The third-order valence-corrected chi connectivity index (χ3v) is 5.12. The number of benzene rings is 2. The van der Waals surface area contributed by atoms with E-state index in [2.05, 4.69) is 4.98 Å². The van der Waals surface area contributed by atoms with Crippen molar-refractivity contribution >= 4 is 22.8 Å². The Kier molecular flexibility index (Phi) is 6.69. The van der Waals surface area contributed by atoms with Crippen molar-refractivity contribution in [3.8, 4) is 17.2 Å². The number of esters is 1. The molecule has 0 aliphatic heterocycles. The lowest BCUT2D eigenvalue weighted by molar-refractivity contribution is -0.133. The Bertz CT molecular complexity index is 1250. The van der Waals surface area contributed by atoms with E-state index in [4.69, 9.17) is 13.9 Å². The van der Waals surface area contributed by atoms with Crippen molar-refractivity contribution in [2.75, 3.05) is 20.3 Å². The van der Waals surface area contributed by atoms with Crippen LogP contribution in [0.5, 0.6) is 5.75 Å². The van der Waals surface area contributed by atoms with Crippen LogP contribution < -0.4 is 4.74 Å². The van der Waals surface area contributed by atoms with Gasteiger partial charge >= 0.3 is 5.97 Å². The second-order valence-electron chi connectivity index (χ2n) is 7.45. The van der Waals surface area contributed by atoms with Crippen molar-refractivity contribution in [2.24, 2.45) is 0 Å². The van der Waals surface area contributed by atoms with E-state index in [0.29, 0.717) is 41.1 Å². The Labute approximate surface area is 191 Å². The van der Waals surface area contributed by atoms with Gasteiger partial charge in [-0.1, -0.05) is 30.3 Å². The van der Waals surface area contributed by atoms with Gasteiger partial charge in [0.25, 0.3) is 5.91 Å². The molecule has 0 N–H and O–H groups in total. The zero-order valence-corrected chi connectivity index (χ0v) is 18.5. The highest BCUT2D eigenvalue weighted by Gasteiger charge is 2.18. The molecule has 0 atom stereocenters. The van der Waals surface area contributed by atoms with E-state index < -0.39 is 5.97 Å². The molecule has 4 rings (SSSR count). The SMILES string of the molecule is CCOc1ccc(CN(C)C(=O)COC(=O)c2cc(-c3ccco3)nc3ccccc23)cc1. The summed E-state index contributed by atoms with van der Waals surface area (Å²) in [6.07, 6.45) is 1.54. The Balaban J connectivity index is 1.44. The first-order valence-corrected chi connectivity index (χ1v) is 10.6. The van der Waals surface area contributed by atoms with Gasteiger partial charge in [-0.2, -0.15) is 0 Å². The van der Waals surface area contributed by atoms with Gasteiger partial charge in [-0.3, -0.25) is 4.79 Å². The molecule has 1 amide bonds. The number of rotatable bonds is 8. The molecule has 0 aliphatic carbocycles. The van der Waals surface area contributed by atoms with Gasteiger partial charge in [0, 0.05) is 19.0 Å². The molecule has 2 aromatic carbocycles. The maximum absolute atomic E-state index is 12.9. The van der Waals surface area contributed by atoms with Gasteiger partial charge in [0.05, 0.1) is 24.0 Å².